The standard InChI is InChI=1S/C9H14N2OS/c1-3-8(12)10-5-4-9-11-7(2)6-13-9/h6H,3-5H2,1-2H3,(H,10,12). The van der Waals surface area contributed by atoms with E-state index in [0.717, 1.165) is 17.1 Å². The molecule has 0 aliphatic carbocycles. The molecule has 1 rings (SSSR count). The highest BCUT2D eigenvalue weighted by Crippen LogP contribution is 2.08. The zero-order valence-corrected chi connectivity index (χ0v) is 8.78. The number of carbonyl (C=O) groups excluding carboxylic acids is 1. The molecule has 0 saturated heterocycles. The molecule has 0 spiro atoms. The van der Waals surface area contributed by atoms with Gasteiger partial charge in [0.15, 0.2) is 0 Å². The van der Waals surface area contributed by atoms with Crippen LogP contribution in [0.25, 0.3) is 0 Å². The lowest BCUT2D eigenvalue weighted by molar-refractivity contribution is -0.120. The van der Waals surface area contributed by atoms with Crippen molar-refractivity contribution >= 4 is 17.2 Å². The number of aromatic nitrogens is 1. The fraction of sp³-hybridized carbons (Fsp3) is 0.556. The van der Waals surface area contributed by atoms with Gasteiger partial charge in [-0.25, -0.2) is 4.98 Å². The van der Waals surface area contributed by atoms with Crippen molar-refractivity contribution in [3.8, 4) is 0 Å². The molecule has 0 aromatic carbocycles. The van der Waals surface area contributed by atoms with Crippen LogP contribution in [-0.4, -0.2) is 17.4 Å². The number of hydrogen-bond donors (Lipinski definition) is 1. The minimum atomic E-state index is 0.105. The highest BCUT2D eigenvalue weighted by atomic mass is 32.1. The Morgan fingerprint density at radius 1 is 1.69 bits per heavy atom. The smallest absolute Gasteiger partial charge is 0.219 e. The van der Waals surface area contributed by atoms with E-state index in [1.165, 1.54) is 0 Å². The van der Waals surface area contributed by atoms with E-state index in [4.69, 9.17) is 0 Å². The van der Waals surface area contributed by atoms with Gasteiger partial charge >= 0.3 is 0 Å². The largest absolute Gasteiger partial charge is 0.356 e. The maximum atomic E-state index is 10.9. The van der Waals surface area contributed by atoms with E-state index < -0.39 is 0 Å². The Morgan fingerprint density at radius 2 is 2.46 bits per heavy atom. The van der Waals surface area contributed by atoms with Crippen molar-refractivity contribution in [2.75, 3.05) is 6.54 Å². The molecule has 1 aromatic heterocycles. The quantitative estimate of drug-likeness (QED) is 0.797. The van der Waals surface area contributed by atoms with Crippen molar-refractivity contribution in [2.45, 2.75) is 26.7 Å². The monoisotopic (exact) mass is 198 g/mol. The first kappa shape index (κ1) is 10.2. The topological polar surface area (TPSA) is 42.0 Å². The summed E-state index contributed by atoms with van der Waals surface area (Å²) in [7, 11) is 0. The second kappa shape index (κ2) is 4.97. The Kier molecular flexibility index (Phi) is 3.89. The molecule has 1 amide bonds. The van der Waals surface area contributed by atoms with Crippen molar-refractivity contribution in [1.29, 1.82) is 0 Å². The molecule has 1 N–H and O–H groups in total. The van der Waals surface area contributed by atoms with Crippen LogP contribution in [0.1, 0.15) is 24.0 Å². The summed E-state index contributed by atoms with van der Waals surface area (Å²) < 4.78 is 0. The van der Waals surface area contributed by atoms with E-state index in [9.17, 15) is 4.79 Å². The highest BCUT2D eigenvalue weighted by Gasteiger charge is 1.99. The van der Waals surface area contributed by atoms with Gasteiger partial charge in [-0.2, -0.15) is 0 Å². The van der Waals surface area contributed by atoms with E-state index in [0.29, 0.717) is 13.0 Å². The van der Waals surface area contributed by atoms with Gasteiger partial charge in [0.25, 0.3) is 0 Å². The fourth-order valence-electron chi connectivity index (χ4n) is 0.951. The molecule has 0 fully saturated rings. The Labute approximate surface area is 82.2 Å². The molecule has 4 heteroatoms. The van der Waals surface area contributed by atoms with E-state index in [1.54, 1.807) is 11.3 Å². The number of hydrogen-bond acceptors (Lipinski definition) is 3. The van der Waals surface area contributed by atoms with Crippen LogP contribution in [0.4, 0.5) is 0 Å². The second-order valence-electron chi connectivity index (χ2n) is 2.84. The van der Waals surface area contributed by atoms with Gasteiger partial charge in [-0.05, 0) is 6.92 Å². The van der Waals surface area contributed by atoms with E-state index in [2.05, 4.69) is 10.3 Å². The first-order valence-corrected chi connectivity index (χ1v) is 5.28. The van der Waals surface area contributed by atoms with E-state index in [-0.39, 0.29) is 5.91 Å². The minimum Gasteiger partial charge on any atom is -0.356 e. The molecule has 0 aliphatic heterocycles. The molecule has 0 atom stereocenters. The Bertz CT molecular complexity index is 283. The summed E-state index contributed by atoms with van der Waals surface area (Å²) in [6.45, 7) is 4.52. The van der Waals surface area contributed by atoms with Crippen molar-refractivity contribution in [3.05, 3.63) is 16.1 Å². The predicted molar refractivity (Wildman–Crippen MR) is 53.9 cm³/mol. The van der Waals surface area contributed by atoms with Crippen LogP contribution < -0.4 is 5.32 Å². The van der Waals surface area contributed by atoms with Crippen LogP contribution in [0, 0.1) is 6.92 Å². The van der Waals surface area contributed by atoms with Gasteiger partial charge in [-0.1, -0.05) is 6.92 Å². The van der Waals surface area contributed by atoms with Crippen molar-refractivity contribution in [2.24, 2.45) is 0 Å². The van der Waals surface area contributed by atoms with E-state index >= 15 is 0 Å². The molecular weight excluding hydrogens is 184 g/mol. The number of nitrogens with one attached hydrogen (secondary N) is 1. The zero-order chi connectivity index (χ0) is 9.68. The minimum absolute atomic E-state index is 0.105. The summed E-state index contributed by atoms with van der Waals surface area (Å²) in [4.78, 5) is 15.2. The van der Waals surface area contributed by atoms with Gasteiger partial charge in [0.05, 0.1) is 5.01 Å². The first-order valence-electron chi connectivity index (χ1n) is 4.40. The van der Waals surface area contributed by atoms with Gasteiger partial charge in [0.2, 0.25) is 5.91 Å². The van der Waals surface area contributed by atoms with Crippen molar-refractivity contribution in [3.63, 3.8) is 0 Å². The van der Waals surface area contributed by atoms with Crippen LogP contribution in [-0.2, 0) is 11.2 Å². The average Bonchev–Trinajstić information content (AvgIpc) is 2.51. The molecule has 0 bridgehead atoms. The lowest BCUT2D eigenvalue weighted by Gasteiger charge is -1.99. The van der Waals surface area contributed by atoms with E-state index in [1.807, 2.05) is 19.2 Å². The third-order valence-corrected chi connectivity index (χ3v) is 2.68. The average molecular weight is 198 g/mol. The lowest BCUT2D eigenvalue weighted by Crippen LogP contribution is -2.24. The molecule has 0 aliphatic rings. The van der Waals surface area contributed by atoms with Crippen molar-refractivity contribution < 1.29 is 4.79 Å². The first-order chi connectivity index (χ1) is 6.22. The second-order valence-corrected chi connectivity index (χ2v) is 3.78. The Balaban J connectivity index is 2.24. The number of thiazole rings is 1. The van der Waals surface area contributed by atoms with Crippen LogP contribution in [0.5, 0.6) is 0 Å². The van der Waals surface area contributed by atoms with Crippen molar-refractivity contribution in [1.82, 2.24) is 10.3 Å². The molecule has 0 saturated carbocycles. The number of carbonyl (C=O) groups is 1. The number of amides is 1. The Hall–Kier alpha value is -0.900. The highest BCUT2D eigenvalue weighted by molar-refractivity contribution is 7.09. The normalized spacial score (nSPS) is 10.0. The van der Waals surface area contributed by atoms with Crippen LogP contribution in [0.3, 0.4) is 0 Å². The van der Waals surface area contributed by atoms with Gasteiger partial charge in [-0.3, -0.25) is 4.79 Å². The third-order valence-electron chi connectivity index (χ3n) is 1.65. The summed E-state index contributed by atoms with van der Waals surface area (Å²) in [6, 6.07) is 0. The molecular formula is C9H14N2OS. The molecule has 0 radical (unpaired) electrons. The zero-order valence-electron chi connectivity index (χ0n) is 7.96. The summed E-state index contributed by atoms with van der Waals surface area (Å²) in [6.07, 6.45) is 1.39. The molecule has 1 heterocycles. The summed E-state index contributed by atoms with van der Waals surface area (Å²) in [5, 5.41) is 5.93. The maximum absolute atomic E-state index is 10.9. The predicted octanol–water partition coefficient (Wildman–Crippen LogP) is 1.52. The van der Waals surface area contributed by atoms with Crippen LogP contribution in [0.15, 0.2) is 5.38 Å². The molecule has 1 aromatic rings. The summed E-state index contributed by atoms with van der Waals surface area (Å²) in [5.74, 6) is 0.105. The molecule has 13 heavy (non-hydrogen) atoms. The van der Waals surface area contributed by atoms with Gasteiger partial charge in [0.1, 0.15) is 0 Å². The molecule has 72 valence electrons. The van der Waals surface area contributed by atoms with Crippen LogP contribution >= 0.6 is 11.3 Å². The summed E-state index contributed by atoms with van der Waals surface area (Å²) in [5.41, 5.74) is 1.06. The lowest BCUT2D eigenvalue weighted by atomic mass is 10.4. The third kappa shape index (κ3) is 3.55. The maximum Gasteiger partial charge on any atom is 0.219 e. The number of rotatable bonds is 4. The molecule has 3 nitrogen and oxygen atoms in total. The van der Waals surface area contributed by atoms with Gasteiger partial charge in [-0.15, -0.1) is 11.3 Å². The number of aryl methyl sites for hydroxylation is 1. The summed E-state index contributed by atoms with van der Waals surface area (Å²) >= 11 is 1.65. The molecule has 0 unspecified atom stereocenters. The fourth-order valence-corrected chi connectivity index (χ4v) is 1.73. The van der Waals surface area contributed by atoms with Gasteiger partial charge < -0.3 is 5.32 Å². The SMILES string of the molecule is CCC(=O)NCCc1nc(C)cs1. The van der Waals surface area contributed by atoms with Crippen LogP contribution in [0.2, 0.25) is 0 Å². The Morgan fingerprint density at radius 3 is 3.00 bits per heavy atom. The van der Waals surface area contributed by atoms with Gasteiger partial charge in [0, 0.05) is 30.5 Å². The number of nitrogens with zero attached hydrogens (tertiary/aromatic N) is 1.